The van der Waals surface area contributed by atoms with Gasteiger partial charge in [0, 0.05) is 11.3 Å². The van der Waals surface area contributed by atoms with Crippen LogP contribution < -0.4 is 0 Å². The topological polar surface area (TPSA) is 17.1 Å². The van der Waals surface area contributed by atoms with Gasteiger partial charge in [-0.3, -0.25) is 4.79 Å². The van der Waals surface area contributed by atoms with E-state index in [1.807, 2.05) is 6.92 Å². The van der Waals surface area contributed by atoms with Crippen LogP contribution in [0.4, 0.5) is 0 Å². The van der Waals surface area contributed by atoms with Gasteiger partial charge in [-0.15, -0.1) is 0 Å². The summed E-state index contributed by atoms with van der Waals surface area (Å²) in [4.78, 5) is 12.3. The lowest BCUT2D eigenvalue weighted by atomic mass is 9.76. The largest absolute Gasteiger partial charge is 0.299 e. The summed E-state index contributed by atoms with van der Waals surface area (Å²) in [6, 6.07) is 8.47. The smallest absolute Gasteiger partial charge is 0.141 e. The van der Waals surface area contributed by atoms with E-state index in [0.29, 0.717) is 5.78 Å². The number of benzene rings is 1. The number of rotatable bonds is 5. The number of aryl methyl sites for hydroxylation is 1. The molecule has 0 aliphatic heterocycles. The number of carbonyl (C=O) groups is 1. The lowest BCUT2D eigenvalue weighted by Gasteiger charge is -2.26. The van der Waals surface area contributed by atoms with E-state index in [1.165, 1.54) is 11.1 Å². The van der Waals surface area contributed by atoms with E-state index in [0.717, 1.165) is 12.8 Å². The molecule has 0 spiro atoms. The van der Waals surface area contributed by atoms with E-state index < -0.39 is 0 Å². The van der Waals surface area contributed by atoms with Crippen LogP contribution in [0.25, 0.3) is 0 Å². The molecule has 1 atom stereocenters. The van der Waals surface area contributed by atoms with Crippen molar-refractivity contribution < 1.29 is 4.79 Å². The maximum absolute atomic E-state index is 12.3. The number of Topliss-reactive ketones (excluding diaryl/α,β-unsaturated/α-hetero) is 1. The van der Waals surface area contributed by atoms with Gasteiger partial charge in [0.25, 0.3) is 0 Å². The van der Waals surface area contributed by atoms with Crippen molar-refractivity contribution in [1.82, 2.24) is 0 Å². The molecule has 1 aromatic carbocycles. The summed E-state index contributed by atoms with van der Waals surface area (Å²) in [6.07, 6.45) is 1.76. The van der Waals surface area contributed by atoms with Gasteiger partial charge >= 0.3 is 0 Å². The van der Waals surface area contributed by atoms with Crippen LogP contribution in [0, 0.1) is 18.3 Å². The van der Waals surface area contributed by atoms with Crippen molar-refractivity contribution >= 4 is 5.78 Å². The Labute approximate surface area is 105 Å². The average molecular weight is 232 g/mol. The summed E-state index contributed by atoms with van der Waals surface area (Å²) >= 11 is 0. The number of hydrogen-bond acceptors (Lipinski definition) is 1. The minimum absolute atomic E-state index is 0.162. The molecule has 0 unspecified atom stereocenters. The monoisotopic (exact) mass is 232 g/mol. The zero-order chi connectivity index (χ0) is 13.1. The van der Waals surface area contributed by atoms with Gasteiger partial charge in [0.1, 0.15) is 5.78 Å². The predicted molar refractivity (Wildman–Crippen MR) is 73.1 cm³/mol. The van der Waals surface area contributed by atoms with Crippen LogP contribution in [0.3, 0.4) is 0 Å². The Morgan fingerprint density at radius 3 is 2.24 bits per heavy atom. The van der Waals surface area contributed by atoms with Crippen molar-refractivity contribution in [2.45, 2.75) is 47.5 Å². The Morgan fingerprint density at radius 2 is 1.76 bits per heavy atom. The molecule has 94 valence electrons. The Hall–Kier alpha value is -1.11. The third kappa shape index (κ3) is 3.69. The zero-order valence-electron chi connectivity index (χ0n) is 11.7. The van der Waals surface area contributed by atoms with Crippen LogP contribution in [0.5, 0.6) is 0 Å². The van der Waals surface area contributed by atoms with E-state index in [1.54, 1.807) is 0 Å². The molecule has 0 N–H and O–H groups in total. The van der Waals surface area contributed by atoms with Crippen LogP contribution in [-0.2, 0) is 11.2 Å². The normalized spacial score (nSPS) is 13.5. The molecular formula is C16H24O. The first kappa shape index (κ1) is 14.0. The minimum Gasteiger partial charge on any atom is -0.299 e. The van der Waals surface area contributed by atoms with Gasteiger partial charge in [-0.2, -0.15) is 0 Å². The van der Waals surface area contributed by atoms with Crippen LogP contribution in [-0.4, -0.2) is 5.78 Å². The highest BCUT2D eigenvalue weighted by Crippen LogP contribution is 2.27. The molecule has 0 saturated carbocycles. The maximum Gasteiger partial charge on any atom is 0.141 e. The Balaban J connectivity index is 2.78. The van der Waals surface area contributed by atoms with Crippen molar-refractivity contribution in [1.29, 1.82) is 0 Å². The Bertz CT molecular complexity index is 373. The van der Waals surface area contributed by atoms with E-state index in [-0.39, 0.29) is 11.3 Å². The summed E-state index contributed by atoms with van der Waals surface area (Å²) in [5, 5.41) is 0. The number of hydrogen-bond donors (Lipinski definition) is 0. The van der Waals surface area contributed by atoms with Gasteiger partial charge in [-0.05, 0) is 25.3 Å². The van der Waals surface area contributed by atoms with Crippen molar-refractivity contribution in [2.75, 3.05) is 0 Å². The van der Waals surface area contributed by atoms with Crippen LogP contribution in [0.1, 0.15) is 45.2 Å². The fourth-order valence-corrected chi connectivity index (χ4v) is 2.16. The summed E-state index contributed by atoms with van der Waals surface area (Å²) in [5.41, 5.74) is 2.25. The van der Waals surface area contributed by atoms with Crippen LogP contribution >= 0.6 is 0 Å². The molecule has 0 heterocycles. The first-order chi connectivity index (χ1) is 7.86. The molecule has 0 aliphatic rings. The molecule has 0 radical (unpaired) electrons. The van der Waals surface area contributed by atoms with E-state index in [2.05, 4.69) is 52.0 Å². The van der Waals surface area contributed by atoms with Crippen molar-refractivity contribution in [2.24, 2.45) is 11.3 Å². The third-order valence-corrected chi connectivity index (χ3v) is 3.49. The molecule has 1 rings (SSSR count). The SMILES string of the molecule is CC[C@@H](C)C(=O)C(C)(C)Cc1ccc(C)cc1. The maximum atomic E-state index is 12.3. The molecule has 1 aromatic rings. The quantitative estimate of drug-likeness (QED) is 0.744. The van der Waals surface area contributed by atoms with Gasteiger partial charge in [0.2, 0.25) is 0 Å². The third-order valence-electron chi connectivity index (χ3n) is 3.49. The van der Waals surface area contributed by atoms with Crippen LogP contribution in [0.15, 0.2) is 24.3 Å². The fraction of sp³-hybridized carbons (Fsp3) is 0.562. The molecule has 0 saturated heterocycles. The van der Waals surface area contributed by atoms with Gasteiger partial charge in [0.05, 0.1) is 0 Å². The van der Waals surface area contributed by atoms with Crippen LogP contribution in [0.2, 0.25) is 0 Å². The zero-order valence-corrected chi connectivity index (χ0v) is 11.7. The molecule has 1 nitrogen and oxygen atoms in total. The van der Waals surface area contributed by atoms with Gasteiger partial charge in [0.15, 0.2) is 0 Å². The Kier molecular flexibility index (Phi) is 4.50. The van der Waals surface area contributed by atoms with Gasteiger partial charge < -0.3 is 0 Å². The molecular weight excluding hydrogens is 208 g/mol. The molecule has 0 fully saturated rings. The predicted octanol–water partition coefficient (Wildman–Crippen LogP) is 4.18. The summed E-state index contributed by atoms with van der Waals surface area (Å²) < 4.78 is 0. The minimum atomic E-state index is -0.259. The average Bonchev–Trinajstić information content (AvgIpc) is 2.30. The highest BCUT2D eigenvalue weighted by atomic mass is 16.1. The van der Waals surface area contributed by atoms with E-state index in [4.69, 9.17) is 0 Å². The highest BCUT2D eigenvalue weighted by molar-refractivity contribution is 5.86. The first-order valence-electron chi connectivity index (χ1n) is 6.46. The standard InChI is InChI=1S/C16H24O/c1-6-13(3)15(17)16(4,5)11-14-9-7-12(2)8-10-14/h7-10,13H,6,11H2,1-5H3/t13-/m1/s1. The molecule has 0 aromatic heterocycles. The van der Waals surface area contributed by atoms with Crippen molar-refractivity contribution in [3.05, 3.63) is 35.4 Å². The van der Waals surface area contributed by atoms with E-state index >= 15 is 0 Å². The molecule has 0 bridgehead atoms. The molecule has 17 heavy (non-hydrogen) atoms. The summed E-state index contributed by atoms with van der Waals surface area (Å²) in [5.74, 6) is 0.538. The first-order valence-corrected chi connectivity index (χ1v) is 6.46. The molecule has 0 amide bonds. The second-order valence-electron chi connectivity index (χ2n) is 5.72. The summed E-state index contributed by atoms with van der Waals surface area (Å²) in [6.45, 7) is 10.3. The highest BCUT2D eigenvalue weighted by Gasteiger charge is 2.30. The van der Waals surface area contributed by atoms with E-state index in [9.17, 15) is 4.79 Å². The second-order valence-corrected chi connectivity index (χ2v) is 5.72. The number of ketones is 1. The van der Waals surface area contributed by atoms with Gasteiger partial charge in [-0.25, -0.2) is 0 Å². The van der Waals surface area contributed by atoms with Crippen molar-refractivity contribution in [3.8, 4) is 0 Å². The summed E-state index contributed by atoms with van der Waals surface area (Å²) in [7, 11) is 0. The lowest BCUT2D eigenvalue weighted by molar-refractivity contribution is -0.130. The Morgan fingerprint density at radius 1 is 1.24 bits per heavy atom. The number of carbonyl (C=O) groups excluding carboxylic acids is 1. The fourth-order valence-electron chi connectivity index (χ4n) is 2.16. The second kappa shape index (κ2) is 5.48. The van der Waals surface area contributed by atoms with Gasteiger partial charge in [-0.1, -0.05) is 57.5 Å². The molecule has 1 heteroatoms. The lowest BCUT2D eigenvalue weighted by Crippen LogP contribution is -2.31. The molecule has 0 aliphatic carbocycles. The van der Waals surface area contributed by atoms with Crippen molar-refractivity contribution in [3.63, 3.8) is 0 Å².